The van der Waals surface area contributed by atoms with Crippen molar-refractivity contribution in [2.75, 3.05) is 6.61 Å². The SMILES string of the molecule is CCOc1cc(/C=C(\C#N)c2ccc([N+](=O)[O-])cc2)cc(Cl)c1OS(=O)(=O)c1ccc(Cl)cc1. The molecule has 0 atom stereocenters. The summed E-state index contributed by atoms with van der Waals surface area (Å²) in [4.78, 5) is 10.2. The third-order valence-electron chi connectivity index (χ3n) is 4.45. The van der Waals surface area contributed by atoms with Crippen LogP contribution < -0.4 is 8.92 Å². The van der Waals surface area contributed by atoms with E-state index in [0.717, 1.165) is 0 Å². The van der Waals surface area contributed by atoms with Crippen LogP contribution in [0.1, 0.15) is 18.1 Å². The molecule has 0 amide bonds. The molecule has 0 aromatic heterocycles. The maximum atomic E-state index is 12.7. The molecule has 0 bridgehead atoms. The van der Waals surface area contributed by atoms with Crippen molar-refractivity contribution in [3.8, 4) is 17.6 Å². The monoisotopic (exact) mass is 518 g/mol. The first-order chi connectivity index (χ1) is 16.1. The number of nitrogens with zero attached hydrogens (tertiary/aromatic N) is 2. The molecule has 3 rings (SSSR count). The van der Waals surface area contributed by atoms with Crippen LogP contribution in [0.15, 0.2) is 65.6 Å². The Kier molecular flexibility index (Phi) is 7.79. The van der Waals surface area contributed by atoms with Gasteiger partial charge in [0.1, 0.15) is 4.90 Å². The van der Waals surface area contributed by atoms with Gasteiger partial charge in [-0.1, -0.05) is 23.2 Å². The van der Waals surface area contributed by atoms with Gasteiger partial charge >= 0.3 is 10.1 Å². The zero-order valence-electron chi connectivity index (χ0n) is 17.6. The highest BCUT2D eigenvalue weighted by Gasteiger charge is 2.22. The third-order valence-corrected chi connectivity index (χ3v) is 6.22. The highest BCUT2D eigenvalue weighted by atomic mass is 35.5. The lowest BCUT2D eigenvalue weighted by Crippen LogP contribution is -2.11. The fourth-order valence-corrected chi connectivity index (χ4v) is 4.27. The summed E-state index contributed by atoms with van der Waals surface area (Å²) in [5.41, 5.74) is 0.981. The minimum atomic E-state index is -4.23. The highest BCUT2D eigenvalue weighted by Crippen LogP contribution is 2.39. The summed E-state index contributed by atoms with van der Waals surface area (Å²) in [6, 6.07) is 15.8. The Balaban J connectivity index is 2.00. The van der Waals surface area contributed by atoms with Crippen LogP contribution in [-0.2, 0) is 10.1 Å². The largest absolute Gasteiger partial charge is 0.490 e. The van der Waals surface area contributed by atoms with Gasteiger partial charge in [-0.2, -0.15) is 13.7 Å². The molecule has 3 aromatic rings. The van der Waals surface area contributed by atoms with Crippen molar-refractivity contribution >= 4 is 50.7 Å². The van der Waals surface area contributed by atoms with E-state index < -0.39 is 15.0 Å². The van der Waals surface area contributed by atoms with Crippen molar-refractivity contribution in [3.05, 3.63) is 92.0 Å². The molecule has 0 saturated carbocycles. The van der Waals surface area contributed by atoms with E-state index in [1.54, 1.807) is 6.92 Å². The van der Waals surface area contributed by atoms with Crippen molar-refractivity contribution in [3.63, 3.8) is 0 Å². The van der Waals surface area contributed by atoms with Crippen LogP contribution >= 0.6 is 23.2 Å². The lowest BCUT2D eigenvalue weighted by Gasteiger charge is -2.14. The van der Waals surface area contributed by atoms with E-state index in [9.17, 15) is 23.8 Å². The molecule has 11 heteroatoms. The van der Waals surface area contributed by atoms with Crippen LogP contribution in [-0.4, -0.2) is 19.9 Å². The molecule has 3 aromatic carbocycles. The maximum absolute atomic E-state index is 12.7. The van der Waals surface area contributed by atoms with Gasteiger partial charge in [-0.3, -0.25) is 10.1 Å². The molecule has 0 aliphatic heterocycles. The Morgan fingerprint density at radius 1 is 1.12 bits per heavy atom. The smallest absolute Gasteiger partial charge is 0.339 e. The normalized spacial score (nSPS) is 11.5. The lowest BCUT2D eigenvalue weighted by atomic mass is 10.0. The molecule has 0 aliphatic carbocycles. The van der Waals surface area contributed by atoms with E-state index in [1.165, 1.54) is 66.7 Å². The minimum Gasteiger partial charge on any atom is -0.490 e. The molecule has 8 nitrogen and oxygen atoms in total. The first-order valence-electron chi connectivity index (χ1n) is 9.67. The second-order valence-corrected chi connectivity index (χ2v) is 9.12. The van der Waals surface area contributed by atoms with E-state index >= 15 is 0 Å². The van der Waals surface area contributed by atoms with Crippen molar-refractivity contribution in [1.29, 1.82) is 5.26 Å². The summed E-state index contributed by atoms with van der Waals surface area (Å²) in [5.74, 6) is -0.149. The zero-order valence-corrected chi connectivity index (χ0v) is 19.9. The number of ether oxygens (including phenoxy) is 1. The van der Waals surface area contributed by atoms with Crippen LogP contribution in [0.2, 0.25) is 10.0 Å². The zero-order chi connectivity index (χ0) is 24.9. The Labute approximate surface area is 205 Å². The van der Waals surface area contributed by atoms with Crippen LogP contribution in [0.25, 0.3) is 11.6 Å². The summed E-state index contributed by atoms with van der Waals surface area (Å²) in [7, 11) is -4.23. The van der Waals surface area contributed by atoms with Gasteiger partial charge in [0.25, 0.3) is 5.69 Å². The molecule has 0 unspecified atom stereocenters. The number of hydrogen-bond donors (Lipinski definition) is 0. The van der Waals surface area contributed by atoms with Crippen LogP contribution in [0.4, 0.5) is 5.69 Å². The summed E-state index contributed by atoms with van der Waals surface area (Å²) in [6.07, 6.45) is 1.49. The van der Waals surface area contributed by atoms with E-state index in [0.29, 0.717) is 16.1 Å². The summed E-state index contributed by atoms with van der Waals surface area (Å²) >= 11 is 12.2. The van der Waals surface area contributed by atoms with Crippen LogP contribution in [0, 0.1) is 21.4 Å². The second kappa shape index (κ2) is 10.6. The molecule has 0 saturated heterocycles. The average Bonchev–Trinajstić information content (AvgIpc) is 2.80. The van der Waals surface area contributed by atoms with Gasteiger partial charge in [-0.25, -0.2) is 0 Å². The molecule has 0 heterocycles. The predicted molar refractivity (Wildman–Crippen MR) is 128 cm³/mol. The molecule has 0 aliphatic rings. The fraction of sp³-hybridized carbons (Fsp3) is 0.0870. The van der Waals surface area contributed by atoms with Gasteiger partial charge in [-0.15, -0.1) is 0 Å². The lowest BCUT2D eigenvalue weighted by molar-refractivity contribution is -0.384. The second-order valence-electron chi connectivity index (χ2n) is 6.73. The molecular formula is C23H16Cl2N2O6S. The fourth-order valence-electron chi connectivity index (χ4n) is 2.88. The van der Waals surface area contributed by atoms with E-state index in [-0.39, 0.29) is 39.3 Å². The van der Waals surface area contributed by atoms with Gasteiger partial charge in [0.15, 0.2) is 5.75 Å². The quantitative estimate of drug-likeness (QED) is 0.115. The number of benzene rings is 3. The molecule has 174 valence electrons. The standard InChI is InChI=1S/C23H16Cl2N2O6S/c1-2-32-22-13-15(11-17(14-26)16-3-7-19(8-4-16)27(28)29)12-21(25)23(22)33-34(30,31)20-9-5-18(24)6-10-20/h3-13H,2H2,1H3/b17-11+. The van der Waals surface area contributed by atoms with Crippen molar-refractivity contribution in [1.82, 2.24) is 0 Å². The topological polar surface area (TPSA) is 120 Å². The highest BCUT2D eigenvalue weighted by molar-refractivity contribution is 7.87. The Morgan fingerprint density at radius 3 is 2.32 bits per heavy atom. The number of hydrogen-bond acceptors (Lipinski definition) is 7. The summed E-state index contributed by atoms with van der Waals surface area (Å²) in [5, 5.41) is 20.7. The number of nitro groups is 1. The third kappa shape index (κ3) is 5.85. The Morgan fingerprint density at radius 2 is 1.76 bits per heavy atom. The number of allylic oxidation sites excluding steroid dienone is 1. The summed E-state index contributed by atoms with van der Waals surface area (Å²) < 4.78 is 36.2. The molecule has 0 radical (unpaired) electrons. The van der Waals surface area contributed by atoms with Crippen molar-refractivity contribution in [2.45, 2.75) is 11.8 Å². The molecule has 34 heavy (non-hydrogen) atoms. The molecule has 0 spiro atoms. The van der Waals surface area contributed by atoms with Gasteiger partial charge < -0.3 is 8.92 Å². The Bertz CT molecular complexity index is 1400. The number of non-ortho nitro benzene ring substituents is 1. The van der Waals surface area contributed by atoms with E-state index in [4.69, 9.17) is 32.1 Å². The maximum Gasteiger partial charge on any atom is 0.339 e. The first kappa shape index (κ1) is 25.1. The predicted octanol–water partition coefficient (Wildman–Crippen LogP) is 6.13. The van der Waals surface area contributed by atoms with Gasteiger partial charge in [-0.05, 0) is 72.7 Å². The minimum absolute atomic E-state index is 0.0553. The number of nitro benzene ring substituents is 1. The van der Waals surface area contributed by atoms with Crippen molar-refractivity contribution in [2.24, 2.45) is 0 Å². The van der Waals surface area contributed by atoms with E-state index in [2.05, 4.69) is 0 Å². The molecule has 0 N–H and O–H groups in total. The van der Waals surface area contributed by atoms with Gasteiger partial charge in [0.05, 0.1) is 28.2 Å². The van der Waals surface area contributed by atoms with Crippen LogP contribution in [0.5, 0.6) is 11.5 Å². The Hall–Kier alpha value is -3.58. The summed E-state index contributed by atoms with van der Waals surface area (Å²) in [6.45, 7) is 1.89. The average molecular weight is 519 g/mol. The number of nitriles is 1. The van der Waals surface area contributed by atoms with Gasteiger partial charge in [0, 0.05) is 17.2 Å². The molecular weight excluding hydrogens is 503 g/mol. The number of rotatable bonds is 8. The van der Waals surface area contributed by atoms with E-state index in [1.807, 2.05) is 6.07 Å². The first-order valence-corrected chi connectivity index (χ1v) is 11.8. The molecule has 0 fully saturated rings. The van der Waals surface area contributed by atoms with Crippen LogP contribution in [0.3, 0.4) is 0 Å². The van der Waals surface area contributed by atoms with Gasteiger partial charge in [0.2, 0.25) is 5.75 Å². The number of halogens is 2. The van der Waals surface area contributed by atoms with Crippen molar-refractivity contribution < 1.29 is 22.3 Å².